The van der Waals surface area contributed by atoms with Crippen molar-refractivity contribution in [3.8, 4) is 0 Å². The van der Waals surface area contributed by atoms with E-state index >= 15 is 0 Å². The lowest BCUT2D eigenvalue weighted by atomic mass is 10.1. The van der Waals surface area contributed by atoms with E-state index in [1.165, 1.54) is 4.80 Å². The number of carbonyl (C=O) groups is 2. The smallest absolute Gasteiger partial charge is 0.408 e. The standard InChI is InChI=1S/C22H29N7O3/c1-2-19(24-22(31)32-16-18-9-5-3-6-10-18)20(30)15-29-26-21(25-27-29)11-7-4-8-13-28-14-12-23-17-28/h3,5-6,9-10,12,14,17,19H,2,4,7-8,11,13,15-16H2,1H3,(H,24,31). The molecule has 170 valence electrons. The molecule has 1 unspecified atom stereocenters. The van der Waals surface area contributed by atoms with Gasteiger partial charge in [0.1, 0.15) is 13.2 Å². The zero-order chi connectivity index (χ0) is 22.6. The Morgan fingerprint density at radius 1 is 1.16 bits per heavy atom. The lowest BCUT2D eigenvalue weighted by Gasteiger charge is -2.15. The number of imidazole rings is 1. The van der Waals surface area contributed by atoms with Crippen LogP contribution in [0.1, 0.15) is 44.0 Å². The van der Waals surface area contributed by atoms with Gasteiger partial charge in [-0.05, 0) is 30.0 Å². The van der Waals surface area contributed by atoms with Crippen molar-refractivity contribution in [2.24, 2.45) is 0 Å². The Bertz CT molecular complexity index is 957. The zero-order valence-corrected chi connectivity index (χ0v) is 18.3. The van der Waals surface area contributed by atoms with Gasteiger partial charge in [-0.3, -0.25) is 4.79 Å². The van der Waals surface area contributed by atoms with E-state index in [4.69, 9.17) is 4.74 Å². The summed E-state index contributed by atoms with van der Waals surface area (Å²) in [5, 5.41) is 14.9. The molecule has 32 heavy (non-hydrogen) atoms. The first-order chi connectivity index (χ1) is 15.6. The third-order valence-corrected chi connectivity index (χ3v) is 4.97. The van der Waals surface area contributed by atoms with Gasteiger partial charge in [-0.25, -0.2) is 9.78 Å². The molecule has 3 rings (SSSR count). The average molecular weight is 440 g/mol. The molecule has 10 nitrogen and oxygen atoms in total. The Labute approximate surface area is 187 Å². The minimum Gasteiger partial charge on any atom is -0.445 e. The Morgan fingerprint density at radius 2 is 2.00 bits per heavy atom. The van der Waals surface area contributed by atoms with Crippen LogP contribution in [-0.2, 0) is 35.6 Å². The van der Waals surface area contributed by atoms with Crippen LogP contribution in [0.25, 0.3) is 0 Å². The summed E-state index contributed by atoms with van der Waals surface area (Å²) >= 11 is 0. The zero-order valence-electron chi connectivity index (χ0n) is 18.3. The third kappa shape index (κ3) is 7.60. The van der Waals surface area contributed by atoms with Crippen LogP contribution in [-0.4, -0.2) is 47.7 Å². The van der Waals surface area contributed by atoms with Gasteiger partial charge in [-0.15, -0.1) is 10.2 Å². The molecule has 2 aromatic heterocycles. The molecule has 0 saturated heterocycles. The number of aryl methyl sites for hydroxylation is 2. The first-order valence-electron chi connectivity index (χ1n) is 10.9. The predicted molar refractivity (Wildman–Crippen MR) is 116 cm³/mol. The van der Waals surface area contributed by atoms with E-state index in [1.807, 2.05) is 49.8 Å². The summed E-state index contributed by atoms with van der Waals surface area (Å²) in [7, 11) is 0. The lowest BCUT2D eigenvalue weighted by Crippen LogP contribution is -2.42. The largest absolute Gasteiger partial charge is 0.445 e. The Kier molecular flexibility index (Phi) is 8.91. The number of aromatic nitrogens is 6. The number of benzene rings is 1. The number of rotatable bonds is 13. The van der Waals surface area contributed by atoms with Gasteiger partial charge in [0.25, 0.3) is 0 Å². The van der Waals surface area contributed by atoms with Gasteiger partial charge in [-0.2, -0.15) is 4.80 Å². The molecule has 0 radical (unpaired) electrons. The molecule has 10 heteroatoms. The van der Waals surface area contributed by atoms with Crippen molar-refractivity contribution in [2.75, 3.05) is 0 Å². The molecule has 2 heterocycles. The molecular formula is C22H29N7O3. The Morgan fingerprint density at radius 3 is 2.75 bits per heavy atom. The molecule has 1 aromatic carbocycles. The summed E-state index contributed by atoms with van der Waals surface area (Å²) in [6.45, 7) is 2.86. The number of amides is 1. The van der Waals surface area contributed by atoms with Gasteiger partial charge in [0.15, 0.2) is 11.6 Å². The molecule has 0 aliphatic heterocycles. The molecule has 0 spiro atoms. The quantitative estimate of drug-likeness (QED) is 0.407. The SMILES string of the molecule is CCC(NC(=O)OCc1ccccc1)C(=O)Cn1nnc(CCCCCn2ccnc2)n1. The highest BCUT2D eigenvalue weighted by Gasteiger charge is 2.21. The van der Waals surface area contributed by atoms with E-state index in [1.54, 1.807) is 6.20 Å². The number of Topliss-reactive ketones (excluding diaryl/α,β-unsaturated/α-hetero) is 1. The van der Waals surface area contributed by atoms with Crippen LogP contribution in [0, 0.1) is 0 Å². The summed E-state index contributed by atoms with van der Waals surface area (Å²) in [6, 6.07) is 8.69. The molecule has 0 bridgehead atoms. The van der Waals surface area contributed by atoms with Crippen LogP contribution in [0.5, 0.6) is 0 Å². The number of alkyl carbamates (subject to hydrolysis) is 1. The second-order valence-electron chi connectivity index (χ2n) is 7.48. The van der Waals surface area contributed by atoms with Crippen LogP contribution < -0.4 is 5.32 Å². The van der Waals surface area contributed by atoms with Gasteiger partial charge < -0.3 is 14.6 Å². The van der Waals surface area contributed by atoms with Crippen molar-refractivity contribution >= 4 is 11.9 Å². The monoisotopic (exact) mass is 439 g/mol. The van der Waals surface area contributed by atoms with Crippen LogP contribution in [0.15, 0.2) is 49.1 Å². The Hall–Kier alpha value is -3.56. The molecule has 1 amide bonds. The fourth-order valence-corrected chi connectivity index (χ4v) is 3.18. The van der Waals surface area contributed by atoms with Gasteiger partial charge in [-0.1, -0.05) is 43.7 Å². The number of nitrogens with zero attached hydrogens (tertiary/aromatic N) is 6. The average Bonchev–Trinajstić information content (AvgIpc) is 3.48. The highest BCUT2D eigenvalue weighted by Crippen LogP contribution is 2.05. The summed E-state index contributed by atoms with van der Waals surface area (Å²) < 4.78 is 7.25. The van der Waals surface area contributed by atoms with Crippen molar-refractivity contribution in [2.45, 2.75) is 64.8 Å². The molecule has 0 aliphatic rings. The van der Waals surface area contributed by atoms with Crippen molar-refractivity contribution < 1.29 is 14.3 Å². The number of hydrogen-bond acceptors (Lipinski definition) is 7. The number of tetrazole rings is 1. The first kappa shape index (κ1) is 23.1. The molecule has 0 fully saturated rings. The van der Waals surface area contributed by atoms with Crippen molar-refractivity contribution in [1.29, 1.82) is 0 Å². The van der Waals surface area contributed by atoms with E-state index in [0.29, 0.717) is 18.7 Å². The van der Waals surface area contributed by atoms with Gasteiger partial charge in [0.05, 0.1) is 12.4 Å². The number of unbranched alkanes of at least 4 members (excludes halogenated alkanes) is 2. The molecule has 0 saturated carbocycles. The second kappa shape index (κ2) is 12.3. The molecule has 1 atom stereocenters. The number of ketones is 1. The fourth-order valence-electron chi connectivity index (χ4n) is 3.18. The van der Waals surface area contributed by atoms with Crippen LogP contribution in [0.2, 0.25) is 0 Å². The van der Waals surface area contributed by atoms with Gasteiger partial charge in [0, 0.05) is 25.4 Å². The highest BCUT2D eigenvalue weighted by molar-refractivity contribution is 5.87. The number of carbonyl (C=O) groups excluding carboxylic acids is 2. The molecular weight excluding hydrogens is 410 g/mol. The topological polar surface area (TPSA) is 117 Å². The maximum Gasteiger partial charge on any atom is 0.408 e. The normalized spacial score (nSPS) is 11.8. The molecule has 0 aliphatic carbocycles. The minimum absolute atomic E-state index is 0.0505. The summed E-state index contributed by atoms with van der Waals surface area (Å²) in [5.41, 5.74) is 0.878. The Balaban J connectivity index is 1.36. The third-order valence-electron chi connectivity index (χ3n) is 4.97. The summed E-state index contributed by atoms with van der Waals surface area (Å²) in [4.78, 5) is 29.9. The van der Waals surface area contributed by atoms with E-state index in [-0.39, 0.29) is 18.9 Å². The number of nitrogens with one attached hydrogen (secondary N) is 1. The van der Waals surface area contributed by atoms with Crippen molar-refractivity contribution in [3.05, 3.63) is 60.4 Å². The van der Waals surface area contributed by atoms with Crippen molar-refractivity contribution in [1.82, 2.24) is 35.1 Å². The predicted octanol–water partition coefficient (Wildman–Crippen LogP) is 2.56. The van der Waals surface area contributed by atoms with Crippen molar-refractivity contribution in [3.63, 3.8) is 0 Å². The molecule has 1 N–H and O–H groups in total. The molecule has 3 aromatic rings. The number of ether oxygens (including phenoxy) is 1. The minimum atomic E-state index is -0.670. The van der Waals surface area contributed by atoms with Crippen LogP contribution in [0.3, 0.4) is 0 Å². The maximum absolute atomic E-state index is 12.6. The van der Waals surface area contributed by atoms with Gasteiger partial charge in [0.2, 0.25) is 0 Å². The summed E-state index contributed by atoms with van der Waals surface area (Å²) in [6.07, 6.45) is 9.09. The van der Waals surface area contributed by atoms with E-state index in [9.17, 15) is 9.59 Å². The lowest BCUT2D eigenvalue weighted by molar-refractivity contribution is -0.122. The maximum atomic E-state index is 12.6. The number of hydrogen-bond donors (Lipinski definition) is 1. The fraction of sp³-hybridized carbons (Fsp3) is 0.455. The van der Waals surface area contributed by atoms with E-state index in [2.05, 4.69) is 30.3 Å². The van der Waals surface area contributed by atoms with Crippen LogP contribution in [0.4, 0.5) is 4.79 Å². The summed E-state index contributed by atoms with van der Waals surface area (Å²) in [5.74, 6) is 0.414. The van der Waals surface area contributed by atoms with Gasteiger partial charge >= 0.3 is 6.09 Å². The second-order valence-corrected chi connectivity index (χ2v) is 7.48. The highest BCUT2D eigenvalue weighted by atomic mass is 16.5. The van der Waals surface area contributed by atoms with E-state index < -0.39 is 12.1 Å². The first-order valence-corrected chi connectivity index (χ1v) is 10.9. The van der Waals surface area contributed by atoms with Crippen LogP contribution >= 0.6 is 0 Å². The van der Waals surface area contributed by atoms with E-state index in [0.717, 1.165) is 31.4 Å².